The van der Waals surface area contributed by atoms with Gasteiger partial charge in [0.25, 0.3) is 0 Å². The Morgan fingerprint density at radius 3 is 3.15 bits per heavy atom. The predicted octanol–water partition coefficient (Wildman–Crippen LogP) is 2.03. The average Bonchev–Trinajstić information content (AvgIpc) is 2.53. The lowest BCUT2D eigenvalue weighted by Gasteiger charge is -2.13. The number of alkyl halides is 1. The molecule has 0 aromatic heterocycles. The summed E-state index contributed by atoms with van der Waals surface area (Å²) in [5, 5.41) is 0. The maximum Gasteiger partial charge on any atom is 0.114 e. The summed E-state index contributed by atoms with van der Waals surface area (Å²) in [6.07, 6.45) is 0.0731. The zero-order valence-corrected chi connectivity index (χ0v) is 7.54. The molecule has 0 spiro atoms. The lowest BCUT2D eigenvalue weighted by Crippen LogP contribution is -2.20. The van der Waals surface area contributed by atoms with Gasteiger partial charge < -0.3 is 0 Å². The van der Waals surface area contributed by atoms with E-state index in [1.165, 1.54) is 5.56 Å². The van der Waals surface area contributed by atoms with Crippen LogP contribution in [0.1, 0.15) is 12.0 Å². The molecular weight excluding hydrogens is 165 g/mol. The van der Waals surface area contributed by atoms with Gasteiger partial charge >= 0.3 is 0 Å². The van der Waals surface area contributed by atoms with Gasteiger partial charge in [0.15, 0.2) is 0 Å². The molecule has 1 aliphatic heterocycles. The van der Waals surface area contributed by atoms with E-state index in [1.54, 1.807) is 0 Å². The summed E-state index contributed by atoms with van der Waals surface area (Å²) < 4.78 is 12.8. The van der Waals surface area contributed by atoms with Crippen LogP contribution in [0.3, 0.4) is 0 Å². The van der Waals surface area contributed by atoms with E-state index in [-0.39, 0.29) is 0 Å². The average molecular weight is 178 g/mol. The summed E-state index contributed by atoms with van der Waals surface area (Å²) in [7, 11) is 0. The minimum Gasteiger partial charge on any atom is -0.296 e. The zero-order valence-electron chi connectivity index (χ0n) is 7.54. The summed E-state index contributed by atoms with van der Waals surface area (Å²) in [6, 6.07) is 10.9. The van der Waals surface area contributed by atoms with Gasteiger partial charge in [-0.2, -0.15) is 0 Å². The normalized spacial score (nSPS) is 23.6. The van der Waals surface area contributed by atoms with Crippen molar-refractivity contribution in [2.75, 3.05) is 13.1 Å². The van der Waals surface area contributed by atoms with Gasteiger partial charge in [-0.25, -0.2) is 4.39 Å². The van der Waals surface area contributed by atoms with Crippen molar-refractivity contribution in [3.05, 3.63) is 35.9 Å². The van der Waals surface area contributed by atoms with Crippen LogP contribution in [0.25, 0.3) is 0 Å². The molecule has 0 N–H and O–H groups in total. The van der Waals surface area contributed by atoms with E-state index in [1.807, 2.05) is 18.2 Å². The molecule has 2 heteroatoms. The molecule has 2 rings (SSSR count). The first-order valence-electron chi connectivity index (χ1n) is 4.66. The van der Waals surface area contributed by atoms with Crippen molar-refractivity contribution in [3.63, 3.8) is 0 Å². The third-order valence-electron chi connectivity index (χ3n) is 2.39. The van der Waals surface area contributed by atoms with Crippen LogP contribution < -0.4 is 0 Å². The van der Waals surface area contributed by atoms with Crippen molar-refractivity contribution in [1.82, 2.24) is 4.90 Å². The molecule has 1 aliphatic rings. The molecule has 1 saturated heterocycles. The topological polar surface area (TPSA) is 3.24 Å². The molecule has 1 unspecified atom stereocenters. The molecule has 1 atom stereocenters. The molecule has 1 heterocycles. The lowest BCUT2D eigenvalue weighted by atomic mass is 10.2. The summed E-state index contributed by atoms with van der Waals surface area (Å²) in [5.41, 5.74) is 1.22. The third-order valence-corrected chi connectivity index (χ3v) is 2.39. The highest BCUT2D eigenvalue weighted by molar-refractivity contribution is 5.13. The SMILES string of the molecule is FC1CCN(Cc2c[c]ccc2)C1. The van der Waals surface area contributed by atoms with Crippen LogP contribution >= 0.6 is 0 Å². The first-order valence-corrected chi connectivity index (χ1v) is 4.66. The predicted molar refractivity (Wildman–Crippen MR) is 50.1 cm³/mol. The van der Waals surface area contributed by atoms with Crippen molar-refractivity contribution in [1.29, 1.82) is 0 Å². The highest BCUT2D eigenvalue weighted by atomic mass is 19.1. The molecule has 69 valence electrons. The fourth-order valence-corrected chi connectivity index (χ4v) is 1.72. The number of likely N-dealkylation sites (tertiary alicyclic amines) is 1. The van der Waals surface area contributed by atoms with Crippen molar-refractivity contribution < 1.29 is 4.39 Å². The molecular formula is C11H13FN. The van der Waals surface area contributed by atoms with Gasteiger partial charge in [0.1, 0.15) is 6.17 Å². The number of benzene rings is 1. The van der Waals surface area contributed by atoms with E-state index in [4.69, 9.17) is 0 Å². The van der Waals surface area contributed by atoms with E-state index >= 15 is 0 Å². The van der Waals surface area contributed by atoms with E-state index in [0.717, 1.165) is 13.1 Å². The molecule has 0 bridgehead atoms. The number of hydrogen-bond donors (Lipinski definition) is 0. The number of halogens is 1. The first-order chi connectivity index (χ1) is 6.34. The van der Waals surface area contributed by atoms with Crippen molar-refractivity contribution in [2.24, 2.45) is 0 Å². The summed E-state index contributed by atoms with van der Waals surface area (Å²) in [5.74, 6) is 0. The lowest BCUT2D eigenvalue weighted by molar-refractivity contribution is 0.282. The van der Waals surface area contributed by atoms with Crippen LogP contribution in [-0.4, -0.2) is 24.2 Å². The molecule has 13 heavy (non-hydrogen) atoms. The highest BCUT2D eigenvalue weighted by Crippen LogP contribution is 2.14. The summed E-state index contributed by atoms with van der Waals surface area (Å²) in [6.45, 7) is 2.34. The van der Waals surface area contributed by atoms with Crippen LogP contribution in [0.5, 0.6) is 0 Å². The van der Waals surface area contributed by atoms with E-state index in [2.05, 4.69) is 17.0 Å². The van der Waals surface area contributed by atoms with Gasteiger partial charge in [-0.1, -0.05) is 18.2 Å². The quantitative estimate of drug-likeness (QED) is 0.669. The minimum atomic E-state index is -0.618. The number of nitrogens with zero attached hydrogens (tertiary/aromatic N) is 1. The number of hydrogen-bond acceptors (Lipinski definition) is 1. The highest BCUT2D eigenvalue weighted by Gasteiger charge is 2.21. The van der Waals surface area contributed by atoms with Gasteiger partial charge in [0.2, 0.25) is 0 Å². The third kappa shape index (κ3) is 2.28. The second-order valence-corrected chi connectivity index (χ2v) is 3.53. The Morgan fingerprint density at radius 1 is 1.62 bits per heavy atom. The van der Waals surface area contributed by atoms with Gasteiger partial charge in [0, 0.05) is 19.6 Å². The van der Waals surface area contributed by atoms with Gasteiger partial charge in [0.05, 0.1) is 0 Å². The monoisotopic (exact) mass is 178 g/mol. The molecule has 1 nitrogen and oxygen atoms in total. The van der Waals surface area contributed by atoms with E-state index in [0.29, 0.717) is 13.0 Å². The maximum atomic E-state index is 12.8. The van der Waals surface area contributed by atoms with E-state index in [9.17, 15) is 4.39 Å². The molecule has 1 aromatic rings. The molecule has 1 aromatic carbocycles. The molecule has 0 amide bonds. The Labute approximate surface area is 78.2 Å². The van der Waals surface area contributed by atoms with Crippen LogP contribution in [0.15, 0.2) is 24.3 Å². The van der Waals surface area contributed by atoms with Gasteiger partial charge in [-0.3, -0.25) is 4.90 Å². The second kappa shape index (κ2) is 3.88. The summed E-state index contributed by atoms with van der Waals surface area (Å²) >= 11 is 0. The van der Waals surface area contributed by atoms with E-state index < -0.39 is 6.17 Å². The summed E-state index contributed by atoms with van der Waals surface area (Å²) in [4.78, 5) is 2.15. The Hall–Kier alpha value is -0.890. The standard InChI is InChI=1S/C11H13FN/c12-11-6-7-13(9-11)8-10-4-2-1-3-5-10/h1-2,4-5,11H,6-9H2. The Bertz CT molecular complexity index is 260. The maximum absolute atomic E-state index is 12.8. The second-order valence-electron chi connectivity index (χ2n) is 3.53. The molecule has 1 fully saturated rings. The minimum absolute atomic E-state index is 0.592. The number of rotatable bonds is 2. The first kappa shape index (κ1) is 8.70. The van der Waals surface area contributed by atoms with Crippen LogP contribution in [0.2, 0.25) is 0 Å². The van der Waals surface area contributed by atoms with Crippen molar-refractivity contribution >= 4 is 0 Å². The van der Waals surface area contributed by atoms with Crippen LogP contribution in [0.4, 0.5) is 4.39 Å². The van der Waals surface area contributed by atoms with Crippen molar-refractivity contribution in [3.8, 4) is 0 Å². The van der Waals surface area contributed by atoms with Crippen LogP contribution in [-0.2, 0) is 6.54 Å². The fourth-order valence-electron chi connectivity index (χ4n) is 1.72. The Morgan fingerprint density at radius 2 is 2.54 bits per heavy atom. The Balaban J connectivity index is 1.92. The Kier molecular flexibility index (Phi) is 2.60. The van der Waals surface area contributed by atoms with Crippen molar-refractivity contribution in [2.45, 2.75) is 19.1 Å². The van der Waals surface area contributed by atoms with Gasteiger partial charge in [-0.05, 0) is 24.1 Å². The molecule has 0 aliphatic carbocycles. The van der Waals surface area contributed by atoms with Gasteiger partial charge in [-0.15, -0.1) is 0 Å². The molecule has 1 radical (unpaired) electrons. The largest absolute Gasteiger partial charge is 0.296 e. The van der Waals surface area contributed by atoms with Crippen LogP contribution in [0, 0.1) is 6.07 Å². The fraction of sp³-hybridized carbons (Fsp3) is 0.455. The molecule has 0 saturated carbocycles. The zero-order chi connectivity index (χ0) is 9.10. The smallest absolute Gasteiger partial charge is 0.114 e.